The van der Waals surface area contributed by atoms with E-state index >= 15 is 0 Å². The molecule has 0 saturated carbocycles. The van der Waals surface area contributed by atoms with Gasteiger partial charge in [-0.2, -0.15) is 0 Å². The van der Waals surface area contributed by atoms with Crippen molar-refractivity contribution in [3.8, 4) is 0 Å². The van der Waals surface area contributed by atoms with Crippen molar-refractivity contribution in [2.24, 2.45) is 0 Å². The second kappa shape index (κ2) is 4.82. The van der Waals surface area contributed by atoms with Crippen LogP contribution in [0.3, 0.4) is 0 Å². The maximum atomic E-state index is 12.9. The van der Waals surface area contributed by atoms with Crippen molar-refractivity contribution in [3.63, 3.8) is 0 Å². The van der Waals surface area contributed by atoms with E-state index < -0.39 is 11.6 Å². The van der Waals surface area contributed by atoms with Crippen molar-refractivity contribution in [2.75, 3.05) is 0 Å². The monoisotopic (exact) mass is 233 g/mol. The molecule has 0 amide bonds. The zero-order chi connectivity index (χ0) is 12.3. The van der Waals surface area contributed by atoms with E-state index in [-0.39, 0.29) is 12.2 Å². The smallest absolute Gasteiger partial charge is 0.185 e. The highest BCUT2D eigenvalue weighted by Crippen LogP contribution is 2.11. The Bertz CT molecular complexity index is 540. The molecule has 0 fully saturated rings. The first-order valence-electron chi connectivity index (χ1n) is 5.05. The van der Waals surface area contributed by atoms with Crippen LogP contribution in [0.5, 0.6) is 0 Å². The number of pyridine rings is 1. The molecular weight excluding hydrogens is 224 g/mol. The predicted molar refractivity (Wildman–Crippen MR) is 58.6 cm³/mol. The van der Waals surface area contributed by atoms with Gasteiger partial charge < -0.3 is 0 Å². The van der Waals surface area contributed by atoms with E-state index in [1.807, 2.05) is 0 Å². The quantitative estimate of drug-likeness (QED) is 0.763. The number of ketones is 1. The van der Waals surface area contributed by atoms with Gasteiger partial charge in [0.05, 0.1) is 0 Å². The fraction of sp³-hybridized carbons (Fsp3) is 0.0769. The predicted octanol–water partition coefficient (Wildman–Crippen LogP) is 2.79. The van der Waals surface area contributed by atoms with E-state index in [1.54, 1.807) is 18.2 Å². The fourth-order valence-corrected chi connectivity index (χ4v) is 1.45. The SMILES string of the molecule is O=C(Cc1ccc(F)c(F)c1)c1ccccn1. The topological polar surface area (TPSA) is 30.0 Å². The summed E-state index contributed by atoms with van der Waals surface area (Å²) >= 11 is 0. The third-order valence-corrected chi connectivity index (χ3v) is 2.30. The molecule has 0 bridgehead atoms. The normalized spacial score (nSPS) is 10.2. The lowest BCUT2D eigenvalue weighted by atomic mass is 10.1. The molecule has 86 valence electrons. The number of Topliss-reactive ketones (excluding diaryl/α,β-unsaturated/α-hetero) is 1. The Balaban J connectivity index is 2.16. The molecule has 0 aliphatic heterocycles. The number of carbonyl (C=O) groups is 1. The number of hydrogen-bond acceptors (Lipinski definition) is 2. The van der Waals surface area contributed by atoms with Crippen LogP contribution in [0, 0.1) is 11.6 Å². The van der Waals surface area contributed by atoms with E-state index in [1.165, 1.54) is 12.3 Å². The molecule has 1 aromatic carbocycles. The third kappa shape index (κ3) is 2.72. The summed E-state index contributed by atoms with van der Waals surface area (Å²) in [6.07, 6.45) is 1.52. The van der Waals surface area contributed by atoms with E-state index in [2.05, 4.69) is 4.98 Å². The lowest BCUT2D eigenvalue weighted by Crippen LogP contribution is -2.06. The minimum Gasteiger partial charge on any atom is -0.292 e. The second-order valence-corrected chi connectivity index (χ2v) is 3.56. The molecule has 0 spiro atoms. The summed E-state index contributed by atoms with van der Waals surface area (Å²) in [7, 11) is 0. The lowest BCUT2D eigenvalue weighted by Gasteiger charge is -2.01. The van der Waals surface area contributed by atoms with Gasteiger partial charge in [-0.1, -0.05) is 12.1 Å². The van der Waals surface area contributed by atoms with Crippen molar-refractivity contribution in [3.05, 3.63) is 65.5 Å². The first-order chi connectivity index (χ1) is 8.16. The number of benzene rings is 1. The fourth-order valence-electron chi connectivity index (χ4n) is 1.45. The van der Waals surface area contributed by atoms with E-state index in [4.69, 9.17) is 0 Å². The molecule has 1 heterocycles. The molecule has 0 radical (unpaired) electrons. The summed E-state index contributed by atoms with van der Waals surface area (Å²) in [5.41, 5.74) is 0.747. The minimum atomic E-state index is -0.948. The molecule has 1 aromatic heterocycles. The molecule has 0 atom stereocenters. The Labute approximate surface area is 96.9 Å². The van der Waals surface area contributed by atoms with Crippen LogP contribution in [0.4, 0.5) is 8.78 Å². The van der Waals surface area contributed by atoms with Gasteiger partial charge in [0, 0.05) is 12.6 Å². The van der Waals surface area contributed by atoms with Gasteiger partial charge in [-0.05, 0) is 29.8 Å². The maximum Gasteiger partial charge on any atom is 0.185 e. The van der Waals surface area contributed by atoms with Gasteiger partial charge in [-0.15, -0.1) is 0 Å². The molecular formula is C13H9F2NO. The Hall–Kier alpha value is -2.10. The molecule has 17 heavy (non-hydrogen) atoms. The first-order valence-corrected chi connectivity index (χ1v) is 5.05. The van der Waals surface area contributed by atoms with Crippen molar-refractivity contribution in [1.82, 2.24) is 4.98 Å². The Kier molecular flexibility index (Phi) is 3.23. The van der Waals surface area contributed by atoms with E-state index in [0.29, 0.717) is 11.3 Å². The summed E-state index contributed by atoms with van der Waals surface area (Å²) in [4.78, 5) is 15.6. The zero-order valence-electron chi connectivity index (χ0n) is 8.86. The zero-order valence-corrected chi connectivity index (χ0v) is 8.86. The van der Waals surface area contributed by atoms with Gasteiger partial charge in [0.25, 0.3) is 0 Å². The summed E-state index contributed by atoms with van der Waals surface area (Å²) < 4.78 is 25.6. The summed E-state index contributed by atoms with van der Waals surface area (Å²) in [5, 5.41) is 0. The van der Waals surface area contributed by atoms with Crippen LogP contribution in [0.15, 0.2) is 42.6 Å². The molecule has 0 N–H and O–H groups in total. The Morgan fingerprint density at radius 2 is 1.94 bits per heavy atom. The van der Waals surface area contributed by atoms with Crippen molar-refractivity contribution < 1.29 is 13.6 Å². The molecule has 2 rings (SSSR count). The molecule has 0 aliphatic carbocycles. The molecule has 2 nitrogen and oxygen atoms in total. The molecule has 2 aromatic rings. The van der Waals surface area contributed by atoms with Gasteiger partial charge in [-0.3, -0.25) is 9.78 Å². The second-order valence-electron chi connectivity index (χ2n) is 3.56. The van der Waals surface area contributed by atoms with Gasteiger partial charge in [0.2, 0.25) is 0 Å². The van der Waals surface area contributed by atoms with Crippen LogP contribution in [-0.2, 0) is 6.42 Å². The number of rotatable bonds is 3. The molecule has 0 saturated heterocycles. The van der Waals surface area contributed by atoms with Crippen molar-refractivity contribution in [1.29, 1.82) is 0 Å². The van der Waals surface area contributed by atoms with Gasteiger partial charge >= 0.3 is 0 Å². The van der Waals surface area contributed by atoms with Crippen LogP contribution in [-0.4, -0.2) is 10.8 Å². The third-order valence-electron chi connectivity index (χ3n) is 2.30. The molecule has 0 unspecified atom stereocenters. The van der Waals surface area contributed by atoms with Crippen LogP contribution in [0.25, 0.3) is 0 Å². The average Bonchev–Trinajstić information content (AvgIpc) is 2.35. The highest BCUT2D eigenvalue weighted by molar-refractivity contribution is 5.95. The van der Waals surface area contributed by atoms with Gasteiger partial charge in [-0.25, -0.2) is 8.78 Å². The minimum absolute atomic E-state index is 0.00815. The van der Waals surface area contributed by atoms with Crippen LogP contribution in [0.2, 0.25) is 0 Å². The van der Waals surface area contributed by atoms with Gasteiger partial charge in [0.1, 0.15) is 5.69 Å². The largest absolute Gasteiger partial charge is 0.292 e. The maximum absolute atomic E-state index is 12.9. The Morgan fingerprint density at radius 1 is 1.12 bits per heavy atom. The highest BCUT2D eigenvalue weighted by Gasteiger charge is 2.09. The number of carbonyl (C=O) groups excluding carboxylic acids is 1. The number of nitrogens with zero attached hydrogens (tertiary/aromatic N) is 1. The molecule has 0 aliphatic rings. The van der Waals surface area contributed by atoms with Crippen molar-refractivity contribution >= 4 is 5.78 Å². The number of aromatic nitrogens is 1. The summed E-state index contributed by atoms with van der Waals surface area (Å²) in [6.45, 7) is 0. The number of halogens is 2. The highest BCUT2D eigenvalue weighted by atomic mass is 19.2. The summed E-state index contributed by atoms with van der Waals surface area (Å²) in [5.74, 6) is -2.09. The lowest BCUT2D eigenvalue weighted by molar-refractivity contribution is 0.0988. The standard InChI is InChI=1S/C13H9F2NO/c14-10-5-4-9(7-11(10)15)8-13(17)12-3-1-2-6-16-12/h1-7H,8H2. The van der Waals surface area contributed by atoms with Crippen LogP contribution in [0.1, 0.15) is 16.1 Å². The van der Waals surface area contributed by atoms with Crippen molar-refractivity contribution in [2.45, 2.75) is 6.42 Å². The average molecular weight is 233 g/mol. The van der Waals surface area contributed by atoms with Gasteiger partial charge in [0.15, 0.2) is 17.4 Å². The number of hydrogen-bond donors (Lipinski definition) is 0. The summed E-state index contributed by atoms with van der Waals surface area (Å²) in [6, 6.07) is 8.41. The van der Waals surface area contributed by atoms with Crippen LogP contribution >= 0.6 is 0 Å². The molecule has 4 heteroatoms. The van der Waals surface area contributed by atoms with Crippen LogP contribution < -0.4 is 0 Å². The van der Waals surface area contributed by atoms with E-state index in [0.717, 1.165) is 12.1 Å². The van der Waals surface area contributed by atoms with E-state index in [9.17, 15) is 13.6 Å². The first kappa shape index (κ1) is 11.4. The Morgan fingerprint density at radius 3 is 2.59 bits per heavy atom.